The van der Waals surface area contributed by atoms with Gasteiger partial charge in [0.05, 0.1) is 23.6 Å². The highest BCUT2D eigenvalue weighted by molar-refractivity contribution is 6.32. The van der Waals surface area contributed by atoms with Crippen molar-refractivity contribution in [3.8, 4) is 5.75 Å². The predicted molar refractivity (Wildman–Crippen MR) is 91.5 cm³/mol. The van der Waals surface area contributed by atoms with Crippen molar-refractivity contribution in [1.82, 2.24) is 9.97 Å². The molecule has 0 amide bonds. The molecule has 0 bridgehead atoms. The Morgan fingerprint density at radius 3 is 2.83 bits per heavy atom. The fraction of sp³-hybridized carbons (Fsp3) is 0.312. The molecule has 0 unspecified atom stereocenters. The molecular formula is C16H17ClN4O3. The second-order valence-corrected chi connectivity index (χ2v) is 5.86. The predicted octanol–water partition coefficient (Wildman–Crippen LogP) is 3.54. The van der Waals surface area contributed by atoms with Crippen LogP contribution in [0.15, 0.2) is 24.4 Å². The van der Waals surface area contributed by atoms with Crippen molar-refractivity contribution in [2.75, 3.05) is 17.7 Å². The first-order valence-corrected chi connectivity index (χ1v) is 7.96. The van der Waals surface area contributed by atoms with Gasteiger partial charge >= 0.3 is 5.97 Å². The Morgan fingerprint density at radius 1 is 1.42 bits per heavy atom. The second-order valence-electron chi connectivity index (χ2n) is 5.45. The van der Waals surface area contributed by atoms with E-state index in [1.807, 2.05) is 0 Å². The average molecular weight is 349 g/mol. The number of carbonyl (C=O) groups is 1. The lowest BCUT2D eigenvalue weighted by Gasteiger charge is -2.27. The van der Waals surface area contributed by atoms with E-state index in [9.17, 15) is 9.90 Å². The third kappa shape index (κ3) is 3.51. The van der Waals surface area contributed by atoms with Crippen LogP contribution >= 0.6 is 11.6 Å². The molecule has 0 atom stereocenters. The molecule has 1 heterocycles. The summed E-state index contributed by atoms with van der Waals surface area (Å²) in [4.78, 5) is 19.6. The molecule has 126 valence electrons. The summed E-state index contributed by atoms with van der Waals surface area (Å²) in [5.41, 5.74) is 0.777. The molecule has 1 aliphatic carbocycles. The Balaban J connectivity index is 1.89. The zero-order valence-corrected chi connectivity index (χ0v) is 13.8. The van der Waals surface area contributed by atoms with E-state index in [2.05, 4.69) is 20.6 Å². The number of aromatic carboxylic acids is 1. The summed E-state index contributed by atoms with van der Waals surface area (Å²) in [5, 5.41) is 15.5. The number of ether oxygens (including phenoxy) is 1. The summed E-state index contributed by atoms with van der Waals surface area (Å²) < 4.78 is 5.90. The van der Waals surface area contributed by atoms with E-state index in [0.29, 0.717) is 28.2 Å². The van der Waals surface area contributed by atoms with Crippen molar-refractivity contribution < 1.29 is 14.6 Å². The largest absolute Gasteiger partial charge is 0.488 e. The fourth-order valence-electron chi connectivity index (χ4n) is 2.25. The third-order valence-electron chi connectivity index (χ3n) is 3.80. The van der Waals surface area contributed by atoms with E-state index >= 15 is 0 Å². The monoisotopic (exact) mass is 348 g/mol. The van der Waals surface area contributed by atoms with E-state index in [4.69, 9.17) is 16.3 Å². The van der Waals surface area contributed by atoms with Crippen molar-refractivity contribution >= 4 is 35.0 Å². The average Bonchev–Trinajstić information content (AvgIpc) is 2.53. The molecule has 24 heavy (non-hydrogen) atoms. The molecule has 3 N–H and O–H groups in total. The van der Waals surface area contributed by atoms with Crippen LogP contribution in [0.5, 0.6) is 5.75 Å². The number of hydrogen-bond acceptors (Lipinski definition) is 6. The van der Waals surface area contributed by atoms with Crippen molar-refractivity contribution in [3.63, 3.8) is 0 Å². The van der Waals surface area contributed by atoms with Gasteiger partial charge in [0.25, 0.3) is 0 Å². The fourth-order valence-corrected chi connectivity index (χ4v) is 2.43. The van der Waals surface area contributed by atoms with Gasteiger partial charge in [-0.25, -0.2) is 9.78 Å². The van der Waals surface area contributed by atoms with Crippen molar-refractivity contribution in [2.24, 2.45) is 0 Å². The van der Waals surface area contributed by atoms with Crippen LogP contribution in [0.1, 0.15) is 29.6 Å². The maximum Gasteiger partial charge on any atom is 0.335 e. The maximum atomic E-state index is 11.2. The van der Waals surface area contributed by atoms with Gasteiger partial charge < -0.3 is 20.5 Å². The summed E-state index contributed by atoms with van der Waals surface area (Å²) in [6.45, 7) is 0. The zero-order valence-electron chi connectivity index (χ0n) is 13.0. The van der Waals surface area contributed by atoms with E-state index in [1.54, 1.807) is 13.1 Å². The normalized spacial score (nSPS) is 13.9. The first-order valence-electron chi connectivity index (χ1n) is 7.58. The van der Waals surface area contributed by atoms with E-state index < -0.39 is 5.97 Å². The highest BCUT2D eigenvalue weighted by atomic mass is 35.5. The number of rotatable bonds is 6. The number of aromatic nitrogens is 2. The molecule has 3 rings (SSSR count). The Hall–Kier alpha value is -2.54. The highest BCUT2D eigenvalue weighted by Crippen LogP contribution is 2.33. The molecule has 8 heteroatoms. The minimum atomic E-state index is -1.000. The maximum absolute atomic E-state index is 11.2. The van der Waals surface area contributed by atoms with Crippen LogP contribution in [0.2, 0.25) is 5.02 Å². The van der Waals surface area contributed by atoms with Gasteiger partial charge in [-0.2, -0.15) is 4.98 Å². The van der Waals surface area contributed by atoms with Crippen LogP contribution < -0.4 is 15.4 Å². The SMILES string of the molecule is CNc1nc(Nc2ccc(C(=O)O)cc2OC2CCC2)ncc1Cl. The van der Waals surface area contributed by atoms with Crippen molar-refractivity contribution in [1.29, 1.82) is 0 Å². The number of halogens is 1. The minimum absolute atomic E-state index is 0.119. The molecule has 2 aromatic rings. The van der Waals surface area contributed by atoms with Gasteiger partial charge in [0.1, 0.15) is 16.6 Å². The van der Waals surface area contributed by atoms with Gasteiger partial charge in [-0.1, -0.05) is 11.6 Å². The van der Waals surface area contributed by atoms with Gasteiger partial charge in [0, 0.05) is 7.05 Å². The number of anilines is 3. The first kappa shape index (κ1) is 16.3. The van der Waals surface area contributed by atoms with Gasteiger partial charge in [0.2, 0.25) is 5.95 Å². The molecule has 0 spiro atoms. The van der Waals surface area contributed by atoms with Crippen LogP contribution in [0.4, 0.5) is 17.5 Å². The smallest absolute Gasteiger partial charge is 0.335 e. The first-order chi connectivity index (χ1) is 11.6. The van der Waals surface area contributed by atoms with Gasteiger partial charge in [0.15, 0.2) is 0 Å². The number of hydrogen-bond donors (Lipinski definition) is 3. The molecule has 1 aliphatic rings. The Kier molecular flexibility index (Phi) is 4.71. The van der Waals surface area contributed by atoms with Gasteiger partial charge in [-0.05, 0) is 37.5 Å². The van der Waals surface area contributed by atoms with Crippen LogP contribution in [0, 0.1) is 0 Å². The topological polar surface area (TPSA) is 96.4 Å². The number of benzene rings is 1. The number of nitrogens with zero attached hydrogens (tertiary/aromatic N) is 2. The lowest BCUT2D eigenvalue weighted by molar-refractivity contribution is 0.0695. The van der Waals surface area contributed by atoms with E-state index in [-0.39, 0.29) is 11.7 Å². The second kappa shape index (κ2) is 6.92. The molecule has 1 fully saturated rings. The molecule has 1 saturated carbocycles. The number of nitrogens with one attached hydrogen (secondary N) is 2. The number of carboxylic acid groups (broad SMARTS) is 1. The van der Waals surface area contributed by atoms with Crippen LogP contribution in [0.3, 0.4) is 0 Å². The summed E-state index contributed by atoms with van der Waals surface area (Å²) in [7, 11) is 1.71. The molecule has 1 aromatic carbocycles. The summed E-state index contributed by atoms with van der Waals surface area (Å²) in [5.74, 6) is 0.312. The summed E-state index contributed by atoms with van der Waals surface area (Å²) in [6, 6.07) is 4.67. The molecule has 7 nitrogen and oxygen atoms in total. The standard InChI is InChI=1S/C16H17ClN4O3/c1-18-14-11(17)8-19-16(21-14)20-12-6-5-9(15(22)23)7-13(12)24-10-3-2-4-10/h5-8,10H,2-4H2,1H3,(H,22,23)(H2,18,19,20,21). The number of carboxylic acids is 1. The Morgan fingerprint density at radius 2 is 2.21 bits per heavy atom. The third-order valence-corrected chi connectivity index (χ3v) is 4.08. The van der Waals surface area contributed by atoms with Crippen molar-refractivity contribution in [2.45, 2.75) is 25.4 Å². The minimum Gasteiger partial charge on any atom is -0.488 e. The van der Waals surface area contributed by atoms with Gasteiger partial charge in [-0.15, -0.1) is 0 Å². The highest BCUT2D eigenvalue weighted by Gasteiger charge is 2.21. The molecule has 0 aliphatic heterocycles. The molecule has 1 aromatic heterocycles. The molecule has 0 radical (unpaired) electrons. The summed E-state index contributed by atoms with van der Waals surface area (Å²) >= 11 is 5.98. The lowest BCUT2D eigenvalue weighted by atomic mass is 9.96. The molecule has 0 saturated heterocycles. The Bertz CT molecular complexity index is 765. The van der Waals surface area contributed by atoms with E-state index in [0.717, 1.165) is 19.3 Å². The summed E-state index contributed by atoms with van der Waals surface area (Å²) in [6.07, 6.45) is 4.67. The van der Waals surface area contributed by atoms with Gasteiger partial charge in [-0.3, -0.25) is 0 Å². The Labute approximate surface area is 144 Å². The molecular weight excluding hydrogens is 332 g/mol. The van der Waals surface area contributed by atoms with E-state index in [1.165, 1.54) is 18.3 Å². The quantitative estimate of drug-likeness (QED) is 0.734. The zero-order chi connectivity index (χ0) is 17.1. The van der Waals surface area contributed by atoms with Crippen LogP contribution in [-0.4, -0.2) is 34.2 Å². The van der Waals surface area contributed by atoms with Crippen LogP contribution in [-0.2, 0) is 0 Å². The van der Waals surface area contributed by atoms with Crippen LogP contribution in [0.25, 0.3) is 0 Å². The van der Waals surface area contributed by atoms with Crippen molar-refractivity contribution in [3.05, 3.63) is 35.0 Å². The lowest BCUT2D eigenvalue weighted by Crippen LogP contribution is -2.25.